The Kier molecular flexibility index (Phi) is 7.80. The molecule has 1 aliphatic carbocycles. The monoisotopic (exact) mass is 604 g/mol. The lowest BCUT2D eigenvalue weighted by Gasteiger charge is -2.19. The van der Waals surface area contributed by atoms with Gasteiger partial charge < -0.3 is 16.4 Å². The van der Waals surface area contributed by atoms with Gasteiger partial charge in [0.05, 0.1) is 24.0 Å². The molecule has 0 radical (unpaired) electrons. The van der Waals surface area contributed by atoms with Crippen LogP contribution in [-0.4, -0.2) is 62.2 Å². The number of likely N-dealkylation sites (N-methyl/N-ethyl adjacent to an activating group) is 1. The Morgan fingerprint density at radius 1 is 1.14 bits per heavy atom. The van der Waals surface area contributed by atoms with Crippen LogP contribution in [0.4, 0.5) is 24.8 Å². The van der Waals surface area contributed by atoms with Gasteiger partial charge in [-0.2, -0.15) is 13.2 Å². The standard InChI is InChI=1S/C31H31F3N8O2/c1-41-13-3-2-4-23-16-37-28(35)27-26(40-29(42(23)27)20-9-10-22(14-20)38-25(43)17-41)18-5-7-19(8-6-18)30(44)39-24-15-21(11-12-36-24)31(32,33)34/h2,4-8,11-12,15-16,20,22H,3,9-10,13-14,17H2,1H3,(H2,35,37)(H,38,43)(H,36,39,44)/b4-2+/t20-,22?/m1/s1. The molecule has 44 heavy (non-hydrogen) atoms. The number of pyridine rings is 1. The fourth-order valence-electron chi connectivity index (χ4n) is 5.87. The molecule has 4 heterocycles. The van der Waals surface area contributed by atoms with Crippen molar-refractivity contribution in [3.8, 4) is 11.3 Å². The average molecular weight is 605 g/mol. The number of carbonyl (C=O) groups excluding carboxylic acids is 2. The summed E-state index contributed by atoms with van der Waals surface area (Å²) in [6, 6.07) is 8.26. The summed E-state index contributed by atoms with van der Waals surface area (Å²) in [7, 11) is 1.93. The Balaban J connectivity index is 1.34. The predicted molar refractivity (Wildman–Crippen MR) is 160 cm³/mol. The van der Waals surface area contributed by atoms with Crippen molar-refractivity contribution in [2.45, 2.75) is 43.8 Å². The summed E-state index contributed by atoms with van der Waals surface area (Å²) in [5.41, 5.74) is 8.54. The fourth-order valence-corrected chi connectivity index (χ4v) is 5.87. The number of nitrogens with two attached hydrogens (primary N) is 1. The molecule has 2 atom stereocenters. The molecule has 1 aliphatic heterocycles. The normalized spacial score (nSPS) is 20.2. The molecule has 13 heteroatoms. The number of hydrogen-bond donors (Lipinski definition) is 3. The number of nitrogens with one attached hydrogen (secondary N) is 2. The summed E-state index contributed by atoms with van der Waals surface area (Å²) < 4.78 is 41.3. The summed E-state index contributed by atoms with van der Waals surface area (Å²) in [4.78, 5) is 40.8. The molecule has 6 rings (SSSR count). The smallest absolute Gasteiger partial charge is 0.382 e. The number of alkyl halides is 3. The fraction of sp³-hybridized carbons (Fsp3) is 0.323. The quantitative estimate of drug-likeness (QED) is 0.308. The van der Waals surface area contributed by atoms with Gasteiger partial charge in [0.15, 0.2) is 0 Å². The number of benzene rings is 1. The lowest BCUT2D eigenvalue weighted by Crippen LogP contribution is -2.40. The number of aromatic nitrogens is 4. The van der Waals surface area contributed by atoms with Crippen molar-refractivity contribution in [1.29, 1.82) is 0 Å². The van der Waals surface area contributed by atoms with Crippen LogP contribution in [0, 0.1) is 0 Å². The van der Waals surface area contributed by atoms with Crippen molar-refractivity contribution in [2.24, 2.45) is 0 Å². The van der Waals surface area contributed by atoms with Gasteiger partial charge in [-0.05, 0) is 63.1 Å². The molecule has 2 bridgehead atoms. The molecule has 4 N–H and O–H groups in total. The van der Waals surface area contributed by atoms with Crippen molar-refractivity contribution in [1.82, 2.24) is 29.6 Å². The van der Waals surface area contributed by atoms with Gasteiger partial charge in [-0.1, -0.05) is 18.2 Å². The number of imidazole rings is 1. The third kappa shape index (κ3) is 6.00. The molecule has 0 spiro atoms. The van der Waals surface area contributed by atoms with E-state index in [2.05, 4.69) is 20.6 Å². The second kappa shape index (κ2) is 11.7. The van der Waals surface area contributed by atoms with Gasteiger partial charge >= 0.3 is 6.18 Å². The zero-order valence-corrected chi connectivity index (χ0v) is 23.9. The van der Waals surface area contributed by atoms with E-state index >= 15 is 0 Å². The minimum Gasteiger partial charge on any atom is -0.382 e. The van der Waals surface area contributed by atoms with Crippen LogP contribution in [0.2, 0.25) is 0 Å². The summed E-state index contributed by atoms with van der Waals surface area (Å²) in [5, 5.41) is 5.60. The lowest BCUT2D eigenvalue weighted by molar-refractivity contribution is -0.137. The first-order valence-corrected chi connectivity index (χ1v) is 14.3. The molecular formula is C31H31F3N8O2. The Morgan fingerprint density at radius 2 is 1.93 bits per heavy atom. The van der Waals surface area contributed by atoms with E-state index in [-0.39, 0.29) is 29.2 Å². The molecule has 2 aliphatic rings. The van der Waals surface area contributed by atoms with Gasteiger partial charge in [0, 0.05) is 35.8 Å². The van der Waals surface area contributed by atoms with Crippen LogP contribution in [0.5, 0.6) is 0 Å². The van der Waals surface area contributed by atoms with Crippen molar-refractivity contribution in [2.75, 3.05) is 31.2 Å². The number of nitrogens with zero attached hydrogens (tertiary/aromatic N) is 5. The first-order valence-electron chi connectivity index (χ1n) is 14.3. The van der Waals surface area contributed by atoms with E-state index < -0.39 is 17.6 Å². The highest BCUT2D eigenvalue weighted by molar-refractivity contribution is 6.04. The first-order chi connectivity index (χ1) is 21.1. The summed E-state index contributed by atoms with van der Waals surface area (Å²) in [6.07, 6.45) is 5.36. The molecule has 2 amide bonds. The maximum atomic E-state index is 13.1. The van der Waals surface area contributed by atoms with Crippen LogP contribution in [0.3, 0.4) is 0 Å². The Bertz CT molecular complexity index is 1750. The molecule has 228 valence electrons. The van der Waals surface area contributed by atoms with E-state index in [1.165, 1.54) is 0 Å². The number of rotatable bonds is 3. The Hall–Kier alpha value is -4.78. The first kappa shape index (κ1) is 29.3. The maximum Gasteiger partial charge on any atom is 0.416 e. The molecular weight excluding hydrogens is 573 g/mol. The van der Waals surface area contributed by atoms with Crippen LogP contribution in [0.25, 0.3) is 22.9 Å². The number of fused-ring (bicyclic) bond motifs is 3. The topological polar surface area (TPSA) is 131 Å². The molecule has 1 aromatic carbocycles. The third-order valence-corrected chi connectivity index (χ3v) is 8.03. The summed E-state index contributed by atoms with van der Waals surface area (Å²) >= 11 is 0. The number of carbonyl (C=O) groups is 2. The summed E-state index contributed by atoms with van der Waals surface area (Å²) in [6.45, 7) is 1.06. The van der Waals surface area contributed by atoms with Gasteiger partial charge in [-0.15, -0.1) is 0 Å². The third-order valence-electron chi connectivity index (χ3n) is 8.03. The summed E-state index contributed by atoms with van der Waals surface area (Å²) in [5.74, 6) is 0.404. The zero-order valence-electron chi connectivity index (χ0n) is 23.9. The van der Waals surface area contributed by atoms with Gasteiger partial charge in [-0.3, -0.25) is 18.9 Å². The molecule has 1 saturated carbocycles. The molecule has 10 nitrogen and oxygen atoms in total. The molecule has 4 aromatic rings. The van der Waals surface area contributed by atoms with E-state index in [9.17, 15) is 22.8 Å². The Morgan fingerprint density at radius 3 is 2.70 bits per heavy atom. The van der Waals surface area contributed by atoms with Gasteiger partial charge in [0.25, 0.3) is 5.91 Å². The second-order valence-electron chi connectivity index (χ2n) is 11.2. The van der Waals surface area contributed by atoms with E-state index in [4.69, 9.17) is 10.7 Å². The number of hydrogen-bond acceptors (Lipinski definition) is 7. The number of anilines is 2. The predicted octanol–water partition coefficient (Wildman–Crippen LogP) is 4.75. The maximum absolute atomic E-state index is 13.1. The van der Waals surface area contributed by atoms with Crippen molar-refractivity contribution < 1.29 is 22.8 Å². The van der Waals surface area contributed by atoms with Crippen LogP contribution in [-0.2, 0) is 11.0 Å². The minimum atomic E-state index is -4.55. The average Bonchev–Trinajstić information content (AvgIpc) is 3.61. The Labute approximate surface area is 251 Å². The molecule has 3 aromatic heterocycles. The largest absolute Gasteiger partial charge is 0.416 e. The molecule has 1 fully saturated rings. The van der Waals surface area contributed by atoms with Crippen molar-refractivity contribution in [3.63, 3.8) is 0 Å². The number of amides is 2. The highest BCUT2D eigenvalue weighted by atomic mass is 19.4. The van der Waals surface area contributed by atoms with Gasteiger partial charge in [0.2, 0.25) is 5.91 Å². The molecule has 1 unspecified atom stereocenters. The highest BCUT2D eigenvalue weighted by Crippen LogP contribution is 2.39. The van der Waals surface area contributed by atoms with E-state index in [0.717, 1.165) is 55.5 Å². The SMILES string of the molecule is CN1CC/C=C/c2cnc(N)c3c(-c4ccc(C(=O)Nc5cc(C(F)(F)F)ccn5)cc4)nc(n23)[C@@H]2CCC(C2)NC(=O)C1. The van der Waals surface area contributed by atoms with Crippen LogP contribution < -0.4 is 16.4 Å². The van der Waals surface area contributed by atoms with Crippen LogP contribution in [0.1, 0.15) is 59.0 Å². The van der Waals surface area contributed by atoms with E-state index in [1.54, 1.807) is 30.5 Å². The lowest BCUT2D eigenvalue weighted by atomic mass is 10.1. The van der Waals surface area contributed by atoms with Crippen molar-refractivity contribution in [3.05, 3.63) is 77.5 Å². The van der Waals surface area contributed by atoms with E-state index in [0.29, 0.717) is 35.7 Å². The zero-order chi connectivity index (χ0) is 31.0. The molecule has 0 saturated heterocycles. The number of halogens is 3. The highest BCUT2D eigenvalue weighted by Gasteiger charge is 2.33. The van der Waals surface area contributed by atoms with Gasteiger partial charge in [-0.25, -0.2) is 15.0 Å². The number of nitrogen functional groups attached to an aromatic ring is 1. The van der Waals surface area contributed by atoms with Crippen LogP contribution >= 0.6 is 0 Å². The van der Waals surface area contributed by atoms with Crippen molar-refractivity contribution >= 4 is 35.0 Å². The van der Waals surface area contributed by atoms with Crippen LogP contribution in [0.15, 0.2) is 54.9 Å². The minimum absolute atomic E-state index is 0.00922. The van der Waals surface area contributed by atoms with E-state index in [1.807, 2.05) is 28.5 Å². The second-order valence-corrected chi connectivity index (χ2v) is 11.2. The van der Waals surface area contributed by atoms with Gasteiger partial charge in [0.1, 0.15) is 28.7 Å².